The highest BCUT2D eigenvalue weighted by Crippen LogP contribution is 2.26. The largest absolute Gasteiger partial charge is 0.388 e. The Morgan fingerprint density at radius 2 is 1.75 bits per heavy atom. The number of hydrogen-bond donors (Lipinski definition) is 1. The molecule has 1 aliphatic rings. The van der Waals surface area contributed by atoms with E-state index in [2.05, 4.69) is 16.1 Å². The summed E-state index contributed by atoms with van der Waals surface area (Å²) in [4.78, 5) is 32.1. The Morgan fingerprint density at radius 3 is 2.56 bits per heavy atom. The molecule has 1 saturated heterocycles. The summed E-state index contributed by atoms with van der Waals surface area (Å²) in [5.41, 5.74) is 2.76. The molecule has 8 nitrogen and oxygen atoms in total. The summed E-state index contributed by atoms with van der Waals surface area (Å²) in [7, 11) is 0. The number of piperidine rings is 1. The van der Waals surface area contributed by atoms with Gasteiger partial charge in [-0.3, -0.25) is 19.1 Å². The highest BCUT2D eigenvalue weighted by molar-refractivity contribution is 5.95. The number of carbonyl (C=O) groups is 1. The number of carbonyl (C=O) groups excluding carboxylic acids is 1. The SMILES string of the molecule is O=C(c1ccc(-c2cnc3ccccc3c2)cc1)N1CCC(O)(Cn2cnn3cccc3c2=O)CC1. The van der Waals surface area contributed by atoms with Crippen molar-refractivity contribution in [3.63, 3.8) is 0 Å². The van der Waals surface area contributed by atoms with Crippen LogP contribution in [0.5, 0.6) is 0 Å². The van der Waals surface area contributed by atoms with Crippen LogP contribution in [0.2, 0.25) is 0 Å². The van der Waals surface area contributed by atoms with Crippen molar-refractivity contribution in [1.82, 2.24) is 24.1 Å². The van der Waals surface area contributed by atoms with E-state index in [1.165, 1.54) is 15.4 Å². The van der Waals surface area contributed by atoms with Gasteiger partial charge in [-0.1, -0.05) is 30.3 Å². The summed E-state index contributed by atoms with van der Waals surface area (Å²) in [6, 6.07) is 21.1. The molecular weight excluding hydrogens is 454 g/mol. The first kappa shape index (κ1) is 22.2. The van der Waals surface area contributed by atoms with Gasteiger partial charge in [0.15, 0.2) is 0 Å². The van der Waals surface area contributed by atoms with Crippen molar-refractivity contribution >= 4 is 22.3 Å². The molecule has 3 aromatic heterocycles. The molecule has 4 heterocycles. The molecule has 36 heavy (non-hydrogen) atoms. The number of aromatic nitrogens is 4. The van der Waals surface area contributed by atoms with Gasteiger partial charge in [-0.25, -0.2) is 4.52 Å². The number of pyridine rings is 1. The smallest absolute Gasteiger partial charge is 0.277 e. The van der Waals surface area contributed by atoms with Gasteiger partial charge < -0.3 is 10.0 Å². The van der Waals surface area contributed by atoms with Gasteiger partial charge in [-0.05, 0) is 54.8 Å². The predicted molar refractivity (Wildman–Crippen MR) is 137 cm³/mol. The van der Waals surface area contributed by atoms with E-state index in [0.717, 1.165) is 22.0 Å². The van der Waals surface area contributed by atoms with Crippen LogP contribution < -0.4 is 5.56 Å². The molecule has 180 valence electrons. The Kier molecular flexibility index (Phi) is 5.38. The number of hydrogen-bond acceptors (Lipinski definition) is 5. The summed E-state index contributed by atoms with van der Waals surface area (Å²) in [5.74, 6) is -0.0614. The number of aliphatic hydroxyl groups is 1. The average molecular weight is 480 g/mol. The molecule has 0 spiro atoms. The molecule has 1 N–H and O–H groups in total. The molecule has 0 atom stereocenters. The number of amides is 1. The summed E-state index contributed by atoms with van der Waals surface area (Å²) in [6.07, 6.45) is 5.79. The third-order valence-corrected chi connectivity index (χ3v) is 7.03. The second-order valence-electron chi connectivity index (χ2n) is 9.41. The maximum atomic E-state index is 13.1. The molecule has 2 aromatic carbocycles. The lowest BCUT2D eigenvalue weighted by Gasteiger charge is -2.38. The summed E-state index contributed by atoms with van der Waals surface area (Å²) in [5, 5.41) is 16.4. The zero-order chi connectivity index (χ0) is 24.7. The lowest BCUT2D eigenvalue weighted by atomic mass is 9.91. The molecule has 1 amide bonds. The molecule has 0 aliphatic carbocycles. The molecule has 0 unspecified atom stereocenters. The van der Waals surface area contributed by atoms with Crippen LogP contribution in [0.25, 0.3) is 27.5 Å². The Balaban J connectivity index is 1.13. The Labute approximate surface area is 207 Å². The van der Waals surface area contributed by atoms with Gasteiger partial charge >= 0.3 is 0 Å². The fourth-order valence-corrected chi connectivity index (χ4v) is 4.89. The Morgan fingerprint density at radius 1 is 0.972 bits per heavy atom. The van der Waals surface area contributed by atoms with Gasteiger partial charge in [0.2, 0.25) is 0 Å². The second kappa shape index (κ2) is 8.73. The number of benzene rings is 2. The summed E-state index contributed by atoms with van der Waals surface area (Å²) < 4.78 is 2.97. The zero-order valence-corrected chi connectivity index (χ0v) is 19.6. The highest BCUT2D eigenvalue weighted by Gasteiger charge is 2.35. The van der Waals surface area contributed by atoms with Crippen LogP contribution in [0.4, 0.5) is 0 Å². The van der Waals surface area contributed by atoms with E-state index in [9.17, 15) is 14.7 Å². The van der Waals surface area contributed by atoms with Crippen LogP contribution in [-0.2, 0) is 6.54 Å². The van der Waals surface area contributed by atoms with E-state index in [1.807, 2.05) is 54.7 Å². The first-order valence-corrected chi connectivity index (χ1v) is 12.0. The second-order valence-corrected chi connectivity index (χ2v) is 9.41. The van der Waals surface area contributed by atoms with E-state index in [0.29, 0.717) is 37.0 Å². The minimum Gasteiger partial charge on any atom is -0.388 e. The number of likely N-dealkylation sites (tertiary alicyclic amines) is 1. The molecule has 0 bridgehead atoms. The summed E-state index contributed by atoms with van der Waals surface area (Å²) >= 11 is 0. The molecule has 5 aromatic rings. The van der Waals surface area contributed by atoms with E-state index < -0.39 is 5.60 Å². The quantitative estimate of drug-likeness (QED) is 0.427. The lowest BCUT2D eigenvalue weighted by molar-refractivity contribution is -0.0300. The molecular formula is C28H25N5O3. The van der Waals surface area contributed by atoms with Crippen LogP contribution in [0, 0.1) is 0 Å². The van der Waals surface area contributed by atoms with Gasteiger partial charge in [-0.15, -0.1) is 0 Å². The number of nitrogens with zero attached hydrogens (tertiary/aromatic N) is 5. The third-order valence-electron chi connectivity index (χ3n) is 7.03. The van der Waals surface area contributed by atoms with Crippen LogP contribution in [-0.4, -0.2) is 53.8 Å². The van der Waals surface area contributed by atoms with E-state index in [1.54, 1.807) is 23.2 Å². The number of fused-ring (bicyclic) bond motifs is 2. The number of rotatable bonds is 4. The first-order valence-electron chi connectivity index (χ1n) is 12.0. The van der Waals surface area contributed by atoms with Crippen molar-refractivity contribution in [2.75, 3.05) is 13.1 Å². The van der Waals surface area contributed by atoms with Crippen LogP contribution in [0.15, 0.2) is 90.2 Å². The minimum atomic E-state index is -1.07. The first-order chi connectivity index (χ1) is 17.5. The lowest BCUT2D eigenvalue weighted by Crippen LogP contribution is -2.49. The fourth-order valence-electron chi connectivity index (χ4n) is 4.89. The van der Waals surface area contributed by atoms with Crippen molar-refractivity contribution in [2.24, 2.45) is 0 Å². The van der Waals surface area contributed by atoms with E-state index in [4.69, 9.17) is 0 Å². The predicted octanol–water partition coefficient (Wildman–Crippen LogP) is 3.38. The molecule has 0 radical (unpaired) electrons. The van der Waals surface area contributed by atoms with E-state index in [-0.39, 0.29) is 18.0 Å². The standard InChI is InChI=1S/C28H25N5O3/c34-26(21-9-7-20(8-10-21)23-16-22-4-1-2-5-24(22)29-17-23)31-14-11-28(36,12-15-31)18-32-19-30-33-13-3-6-25(33)27(32)35/h1-10,13,16-17,19,36H,11-12,14-15,18H2. The third kappa shape index (κ3) is 4.05. The minimum absolute atomic E-state index is 0.0614. The van der Waals surface area contributed by atoms with Crippen molar-refractivity contribution in [3.05, 3.63) is 101 Å². The molecule has 0 saturated carbocycles. The molecule has 8 heteroatoms. The maximum absolute atomic E-state index is 13.1. The monoisotopic (exact) mass is 479 g/mol. The van der Waals surface area contributed by atoms with Gasteiger partial charge in [0.05, 0.1) is 17.7 Å². The topological polar surface area (TPSA) is 92.7 Å². The van der Waals surface area contributed by atoms with Gasteiger partial charge in [-0.2, -0.15) is 5.10 Å². The number of para-hydroxylation sites is 1. The van der Waals surface area contributed by atoms with Gasteiger partial charge in [0.25, 0.3) is 11.5 Å². The molecule has 1 fully saturated rings. The van der Waals surface area contributed by atoms with Crippen LogP contribution >= 0.6 is 0 Å². The van der Waals surface area contributed by atoms with Crippen molar-refractivity contribution in [1.29, 1.82) is 0 Å². The zero-order valence-electron chi connectivity index (χ0n) is 19.6. The van der Waals surface area contributed by atoms with E-state index >= 15 is 0 Å². The Hall–Kier alpha value is -4.30. The van der Waals surface area contributed by atoms with Gasteiger partial charge in [0.1, 0.15) is 11.8 Å². The van der Waals surface area contributed by atoms with Crippen molar-refractivity contribution in [3.8, 4) is 11.1 Å². The molecule has 1 aliphatic heterocycles. The Bertz CT molecular complexity index is 1630. The average Bonchev–Trinajstić information content (AvgIpc) is 3.40. The van der Waals surface area contributed by atoms with Gasteiger partial charge in [0, 0.05) is 42.0 Å². The normalized spacial score (nSPS) is 15.4. The van der Waals surface area contributed by atoms with Crippen molar-refractivity contribution in [2.45, 2.75) is 25.0 Å². The fraction of sp³-hybridized carbons (Fsp3) is 0.214. The molecule has 6 rings (SSSR count). The van der Waals surface area contributed by atoms with Crippen LogP contribution in [0.1, 0.15) is 23.2 Å². The van der Waals surface area contributed by atoms with Crippen molar-refractivity contribution < 1.29 is 9.90 Å². The highest BCUT2D eigenvalue weighted by atomic mass is 16.3. The van der Waals surface area contributed by atoms with Crippen LogP contribution in [0.3, 0.4) is 0 Å². The summed E-state index contributed by atoms with van der Waals surface area (Å²) in [6.45, 7) is 0.986. The maximum Gasteiger partial charge on any atom is 0.277 e.